The van der Waals surface area contributed by atoms with Gasteiger partial charge in [0.2, 0.25) is 0 Å². The Morgan fingerprint density at radius 3 is 1.76 bits per heavy atom. The lowest BCUT2D eigenvalue weighted by atomic mass is 9.68. The van der Waals surface area contributed by atoms with Crippen LogP contribution in [0.4, 0.5) is 0 Å². The number of fused-ring (bicyclic) bond motifs is 6. The maximum atomic E-state index is 10.5. The Kier molecular flexibility index (Phi) is 1.86. The first-order valence-electron chi connectivity index (χ1n) is 6.40. The van der Waals surface area contributed by atoms with Crippen LogP contribution in [0.2, 0.25) is 0 Å². The van der Waals surface area contributed by atoms with Gasteiger partial charge in [-0.15, -0.1) is 0 Å². The molecule has 0 radical (unpaired) electrons. The molecule has 1 fully saturated rings. The molecule has 0 heterocycles. The largest absolute Gasteiger partial charge is 0.388 e. The first-order valence-corrected chi connectivity index (χ1v) is 6.40. The molecule has 0 saturated heterocycles. The van der Waals surface area contributed by atoms with Crippen molar-refractivity contribution in [3.05, 3.63) is 47.5 Å². The Balaban J connectivity index is 1.88. The van der Waals surface area contributed by atoms with E-state index in [-0.39, 0.29) is 11.8 Å². The van der Waals surface area contributed by atoms with Crippen molar-refractivity contribution in [2.45, 2.75) is 18.6 Å². The molecule has 2 bridgehead atoms. The normalized spacial score (nSPS) is 45.8. The van der Waals surface area contributed by atoms with E-state index in [4.69, 9.17) is 0 Å². The van der Waals surface area contributed by atoms with E-state index in [1.807, 2.05) is 24.3 Å². The van der Waals surface area contributed by atoms with Crippen LogP contribution in [0.3, 0.4) is 0 Å². The molecule has 0 aliphatic heterocycles. The molecular formula is C15H16O2. The number of rotatable bonds is 0. The highest BCUT2D eigenvalue weighted by Gasteiger charge is 2.54. The molecule has 2 heteroatoms. The minimum atomic E-state index is -0.403. The molecule has 1 aromatic rings. The maximum Gasteiger partial charge on any atom is 0.0831 e. The van der Waals surface area contributed by atoms with Gasteiger partial charge < -0.3 is 10.2 Å². The number of benzene rings is 1. The van der Waals surface area contributed by atoms with Gasteiger partial charge in [0.25, 0.3) is 0 Å². The molecule has 2 N–H and O–H groups in total. The minimum absolute atomic E-state index is 0.217. The fraction of sp³-hybridized carbons (Fsp3) is 0.467. The molecule has 4 rings (SSSR count). The summed E-state index contributed by atoms with van der Waals surface area (Å²) in [6, 6.07) is 7.79. The Morgan fingerprint density at radius 2 is 1.29 bits per heavy atom. The molecule has 6 atom stereocenters. The Bertz CT molecular complexity index is 450. The molecule has 3 aliphatic carbocycles. The van der Waals surface area contributed by atoms with Gasteiger partial charge in [0, 0.05) is 11.8 Å². The summed E-state index contributed by atoms with van der Waals surface area (Å²) in [5, 5.41) is 21.1. The van der Waals surface area contributed by atoms with Crippen molar-refractivity contribution in [2.24, 2.45) is 23.7 Å². The van der Waals surface area contributed by atoms with E-state index in [0.29, 0.717) is 11.8 Å². The zero-order valence-electron chi connectivity index (χ0n) is 9.53. The highest BCUT2D eigenvalue weighted by molar-refractivity contribution is 5.37. The first-order chi connectivity index (χ1) is 8.27. The zero-order chi connectivity index (χ0) is 11.6. The Morgan fingerprint density at radius 1 is 0.824 bits per heavy atom. The van der Waals surface area contributed by atoms with Crippen LogP contribution in [-0.2, 0) is 0 Å². The maximum absolute atomic E-state index is 10.5. The van der Waals surface area contributed by atoms with Crippen LogP contribution >= 0.6 is 0 Å². The minimum Gasteiger partial charge on any atom is -0.388 e. The first kappa shape index (κ1) is 9.86. The van der Waals surface area contributed by atoms with Crippen LogP contribution in [0.15, 0.2) is 36.4 Å². The van der Waals surface area contributed by atoms with Crippen LogP contribution in [0.25, 0.3) is 0 Å². The summed E-state index contributed by atoms with van der Waals surface area (Å²) in [6.07, 6.45) is 4.77. The van der Waals surface area contributed by atoms with Gasteiger partial charge in [0.15, 0.2) is 0 Å². The standard InChI is InChI=1S/C15H16O2/c16-14-10-3-1-2-4-11(10)15(17)13-9-6-5-8(7-9)12(13)14/h1-6,8-9,12-17H,7H2/t8-,9-,12-,13-,14-,15+/m0/s1. The Hall–Kier alpha value is -1.12. The van der Waals surface area contributed by atoms with E-state index in [0.717, 1.165) is 17.5 Å². The smallest absolute Gasteiger partial charge is 0.0831 e. The van der Waals surface area contributed by atoms with Gasteiger partial charge in [-0.2, -0.15) is 0 Å². The second kappa shape index (κ2) is 3.21. The summed E-state index contributed by atoms with van der Waals surface area (Å²) in [6.45, 7) is 0. The van der Waals surface area contributed by atoms with E-state index in [9.17, 15) is 10.2 Å². The number of hydrogen-bond donors (Lipinski definition) is 2. The lowest BCUT2D eigenvalue weighted by Crippen LogP contribution is -2.35. The summed E-state index contributed by atoms with van der Waals surface area (Å²) >= 11 is 0. The molecule has 0 spiro atoms. The third-order valence-corrected chi connectivity index (χ3v) is 4.95. The van der Waals surface area contributed by atoms with E-state index >= 15 is 0 Å². The van der Waals surface area contributed by atoms with Crippen molar-refractivity contribution < 1.29 is 10.2 Å². The van der Waals surface area contributed by atoms with E-state index in [2.05, 4.69) is 12.2 Å². The third kappa shape index (κ3) is 1.12. The van der Waals surface area contributed by atoms with Gasteiger partial charge in [0.05, 0.1) is 12.2 Å². The second-order valence-corrected chi connectivity index (χ2v) is 5.62. The molecule has 1 saturated carbocycles. The lowest BCUT2D eigenvalue weighted by Gasteiger charge is -2.41. The fourth-order valence-electron chi connectivity index (χ4n) is 4.25. The van der Waals surface area contributed by atoms with Crippen molar-refractivity contribution in [1.82, 2.24) is 0 Å². The summed E-state index contributed by atoms with van der Waals surface area (Å²) in [5.41, 5.74) is 1.87. The summed E-state index contributed by atoms with van der Waals surface area (Å²) < 4.78 is 0. The molecular weight excluding hydrogens is 212 g/mol. The highest BCUT2D eigenvalue weighted by Crippen LogP contribution is 2.59. The van der Waals surface area contributed by atoms with Crippen LogP contribution in [-0.4, -0.2) is 10.2 Å². The van der Waals surface area contributed by atoms with Crippen molar-refractivity contribution in [3.63, 3.8) is 0 Å². The molecule has 0 aromatic heterocycles. The number of allylic oxidation sites excluding steroid dienone is 2. The summed E-state index contributed by atoms with van der Waals surface area (Å²) in [5.74, 6) is 1.36. The fourth-order valence-corrected chi connectivity index (χ4v) is 4.25. The van der Waals surface area contributed by atoms with E-state index < -0.39 is 12.2 Å². The summed E-state index contributed by atoms with van der Waals surface area (Å²) in [7, 11) is 0. The van der Waals surface area contributed by atoms with Crippen molar-refractivity contribution in [3.8, 4) is 0 Å². The van der Waals surface area contributed by atoms with Crippen LogP contribution in [0, 0.1) is 23.7 Å². The van der Waals surface area contributed by atoms with Crippen molar-refractivity contribution in [1.29, 1.82) is 0 Å². The summed E-state index contributed by atoms with van der Waals surface area (Å²) in [4.78, 5) is 0. The number of hydrogen-bond acceptors (Lipinski definition) is 2. The predicted molar refractivity (Wildman–Crippen MR) is 64.1 cm³/mol. The third-order valence-electron chi connectivity index (χ3n) is 4.95. The van der Waals surface area contributed by atoms with Gasteiger partial charge in [-0.1, -0.05) is 36.4 Å². The molecule has 1 aromatic carbocycles. The average Bonchev–Trinajstić information content (AvgIpc) is 2.96. The van der Waals surface area contributed by atoms with Crippen LogP contribution < -0.4 is 0 Å². The van der Waals surface area contributed by atoms with Crippen molar-refractivity contribution in [2.75, 3.05) is 0 Å². The van der Waals surface area contributed by atoms with Gasteiger partial charge in [0.1, 0.15) is 0 Å². The molecule has 88 valence electrons. The van der Waals surface area contributed by atoms with Crippen LogP contribution in [0.5, 0.6) is 0 Å². The predicted octanol–water partition coefficient (Wildman–Crippen LogP) is 2.21. The number of aliphatic hydroxyl groups is 2. The Labute approximate surface area is 101 Å². The van der Waals surface area contributed by atoms with Gasteiger partial charge in [-0.3, -0.25) is 0 Å². The topological polar surface area (TPSA) is 40.5 Å². The number of aliphatic hydroxyl groups excluding tert-OH is 2. The van der Waals surface area contributed by atoms with Gasteiger partial charge in [-0.25, -0.2) is 0 Å². The molecule has 17 heavy (non-hydrogen) atoms. The van der Waals surface area contributed by atoms with E-state index in [1.165, 1.54) is 0 Å². The average molecular weight is 228 g/mol. The second-order valence-electron chi connectivity index (χ2n) is 5.62. The quantitative estimate of drug-likeness (QED) is 0.668. The zero-order valence-corrected chi connectivity index (χ0v) is 9.53. The lowest BCUT2D eigenvalue weighted by molar-refractivity contribution is -0.0209. The van der Waals surface area contributed by atoms with Gasteiger partial charge in [-0.05, 0) is 29.4 Å². The SMILES string of the molecule is O[C@@H]1c2ccccc2[C@H](O)[C@@H]2[C@@H]1[C@H]1C=C[C@H]2C1. The monoisotopic (exact) mass is 228 g/mol. The van der Waals surface area contributed by atoms with Gasteiger partial charge >= 0.3 is 0 Å². The molecule has 0 unspecified atom stereocenters. The molecule has 2 nitrogen and oxygen atoms in total. The molecule has 0 amide bonds. The molecule has 3 aliphatic rings. The highest BCUT2D eigenvalue weighted by atomic mass is 16.3. The van der Waals surface area contributed by atoms with Crippen LogP contribution in [0.1, 0.15) is 29.8 Å². The van der Waals surface area contributed by atoms with E-state index in [1.54, 1.807) is 0 Å². The van der Waals surface area contributed by atoms with Crippen molar-refractivity contribution >= 4 is 0 Å².